The summed E-state index contributed by atoms with van der Waals surface area (Å²) in [4.78, 5) is 0. The van der Waals surface area contributed by atoms with E-state index in [1.54, 1.807) is 0 Å². The Labute approximate surface area is 71.8 Å². The van der Waals surface area contributed by atoms with Gasteiger partial charge in [-0.3, -0.25) is 0 Å². The summed E-state index contributed by atoms with van der Waals surface area (Å²) in [6, 6.07) is 0. The third-order valence-corrected chi connectivity index (χ3v) is 3.65. The summed E-state index contributed by atoms with van der Waals surface area (Å²) in [5.41, 5.74) is -0.724. The molecule has 0 radical (unpaired) electrons. The van der Waals surface area contributed by atoms with Crippen molar-refractivity contribution in [2.24, 2.45) is 16.7 Å². The van der Waals surface area contributed by atoms with Gasteiger partial charge in [0.1, 0.15) is 6.61 Å². The van der Waals surface area contributed by atoms with Crippen molar-refractivity contribution >= 4 is 0 Å². The summed E-state index contributed by atoms with van der Waals surface area (Å²) in [6.07, 6.45) is 0. The van der Waals surface area contributed by atoms with E-state index in [9.17, 15) is 8.78 Å². The van der Waals surface area contributed by atoms with Gasteiger partial charge in [-0.05, 0) is 10.8 Å². The van der Waals surface area contributed by atoms with Crippen molar-refractivity contribution in [3.8, 4) is 0 Å². The van der Waals surface area contributed by atoms with Crippen LogP contribution >= 0.6 is 0 Å². The molecule has 0 bridgehead atoms. The fraction of sp³-hybridized carbons (Fsp3) is 1.00. The largest absolute Gasteiger partial charge is 0.390 e. The number of aliphatic hydroxyl groups is 1. The minimum Gasteiger partial charge on any atom is -0.390 e. The molecule has 1 aliphatic rings. The highest BCUT2D eigenvalue weighted by Gasteiger charge is 2.73. The molecule has 0 unspecified atom stereocenters. The molecule has 72 valence electrons. The molecule has 1 saturated carbocycles. The topological polar surface area (TPSA) is 20.2 Å². The summed E-state index contributed by atoms with van der Waals surface area (Å²) >= 11 is 0. The molecule has 0 aromatic heterocycles. The quantitative estimate of drug-likeness (QED) is 0.687. The first-order valence-electron chi connectivity index (χ1n) is 4.16. The van der Waals surface area contributed by atoms with Gasteiger partial charge in [0.05, 0.1) is 0 Å². The predicted molar refractivity (Wildman–Crippen MR) is 43.1 cm³/mol. The van der Waals surface area contributed by atoms with Crippen LogP contribution in [0, 0.1) is 16.7 Å². The van der Waals surface area contributed by atoms with Gasteiger partial charge in [0, 0.05) is 5.92 Å². The summed E-state index contributed by atoms with van der Waals surface area (Å²) in [6.45, 7) is 6.25. The molecule has 0 aromatic rings. The van der Waals surface area contributed by atoms with E-state index in [1.165, 1.54) is 0 Å². The Morgan fingerprint density at radius 1 is 1.17 bits per heavy atom. The van der Waals surface area contributed by atoms with E-state index in [-0.39, 0.29) is 10.8 Å². The summed E-state index contributed by atoms with van der Waals surface area (Å²) in [5.74, 6) is -3.62. The molecule has 0 aromatic carbocycles. The van der Waals surface area contributed by atoms with E-state index >= 15 is 0 Å². The van der Waals surface area contributed by atoms with Crippen molar-refractivity contribution in [2.45, 2.75) is 33.6 Å². The van der Waals surface area contributed by atoms with Gasteiger partial charge in [-0.15, -0.1) is 0 Å². The number of rotatable bonds is 2. The first kappa shape index (κ1) is 9.90. The molecule has 12 heavy (non-hydrogen) atoms. The minimum atomic E-state index is -2.92. The molecule has 0 amide bonds. The van der Waals surface area contributed by atoms with Crippen molar-refractivity contribution < 1.29 is 13.9 Å². The van der Waals surface area contributed by atoms with Crippen molar-refractivity contribution in [1.29, 1.82) is 0 Å². The number of alkyl halides is 2. The molecule has 3 heteroatoms. The highest BCUT2D eigenvalue weighted by atomic mass is 19.3. The van der Waals surface area contributed by atoms with Crippen LogP contribution in [-0.2, 0) is 0 Å². The standard InChI is InChI=1S/C9H16F2O/c1-7(2)6(8(7,3)4)9(10,11)5-12/h6,12H,5H2,1-4H3. The SMILES string of the molecule is CC1(C)C(C(F)(F)CO)C1(C)C. The lowest BCUT2D eigenvalue weighted by molar-refractivity contribution is -0.0823. The average molecular weight is 178 g/mol. The smallest absolute Gasteiger partial charge is 0.274 e. The number of halogens is 2. The zero-order chi connectivity index (χ0) is 9.78. The van der Waals surface area contributed by atoms with E-state index in [2.05, 4.69) is 0 Å². The highest BCUT2D eigenvalue weighted by Crippen LogP contribution is 2.72. The molecule has 0 aliphatic heterocycles. The van der Waals surface area contributed by atoms with Crippen LogP contribution in [0.2, 0.25) is 0 Å². The van der Waals surface area contributed by atoms with Crippen molar-refractivity contribution in [1.82, 2.24) is 0 Å². The molecular formula is C9H16F2O. The fourth-order valence-electron chi connectivity index (χ4n) is 2.34. The normalized spacial score (nSPS) is 27.2. The Bertz CT molecular complexity index is 183. The Morgan fingerprint density at radius 3 is 1.58 bits per heavy atom. The molecular weight excluding hydrogens is 162 g/mol. The molecule has 1 aliphatic carbocycles. The molecule has 0 heterocycles. The Morgan fingerprint density at radius 2 is 1.50 bits per heavy atom. The van der Waals surface area contributed by atoms with Crippen molar-refractivity contribution in [2.75, 3.05) is 6.61 Å². The lowest BCUT2D eigenvalue weighted by Gasteiger charge is -2.14. The lowest BCUT2D eigenvalue weighted by Crippen LogP contribution is -2.27. The number of hydrogen-bond acceptors (Lipinski definition) is 1. The monoisotopic (exact) mass is 178 g/mol. The number of aliphatic hydroxyl groups excluding tert-OH is 1. The van der Waals surface area contributed by atoms with Crippen LogP contribution < -0.4 is 0 Å². The molecule has 1 rings (SSSR count). The lowest BCUT2D eigenvalue weighted by atomic mass is 10.0. The number of hydrogen-bond donors (Lipinski definition) is 1. The first-order valence-corrected chi connectivity index (χ1v) is 4.16. The molecule has 0 atom stereocenters. The second-order valence-corrected chi connectivity index (χ2v) is 4.80. The van der Waals surface area contributed by atoms with Crippen molar-refractivity contribution in [3.05, 3.63) is 0 Å². The van der Waals surface area contributed by atoms with Gasteiger partial charge >= 0.3 is 0 Å². The van der Waals surface area contributed by atoms with Gasteiger partial charge in [0.25, 0.3) is 5.92 Å². The summed E-state index contributed by atoms with van der Waals surface area (Å²) in [5, 5.41) is 8.52. The van der Waals surface area contributed by atoms with E-state index in [0.29, 0.717) is 0 Å². The van der Waals surface area contributed by atoms with E-state index in [1.807, 2.05) is 27.7 Å². The van der Waals surface area contributed by atoms with Crippen LogP contribution in [0.5, 0.6) is 0 Å². The molecule has 1 nitrogen and oxygen atoms in total. The summed E-state index contributed by atoms with van der Waals surface area (Å²) < 4.78 is 26.2. The maximum absolute atomic E-state index is 13.1. The van der Waals surface area contributed by atoms with Crippen LogP contribution in [0.3, 0.4) is 0 Å². The second kappa shape index (κ2) is 2.19. The van der Waals surface area contributed by atoms with Crippen LogP contribution in [-0.4, -0.2) is 17.6 Å². The third kappa shape index (κ3) is 0.987. The summed E-state index contributed by atoms with van der Waals surface area (Å²) in [7, 11) is 0. The van der Waals surface area contributed by atoms with Gasteiger partial charge in [-0.2, -0.15) is 0 Å². The third-order valence-electron chi connectivity index (χ3n) is 3.65. The van der Waals surface area contributed by atoms with Crippen LogP contribution in [0.25, 0.3) is 0 Å². The van der Waals surface area contributed by atoms with Gasteiger partial charge < -0.3 is 5.11 Å². The first-order chi connectivity index (χ1) is 5.18. The van der Waals surface area contributed by atoms with Gasteiger partial charge in [-0.1, -0.05) is 27.7 Å². The van der Waals surface area contributed by atoms with Crippen LogP contribution in [0.15, 0.2) is 0 Å². The zero-order valence-corrected chi connectivity index (χ0v) is 7.99. The van der Waals surface area contributed by atoms with Crippen molar-refractivity contribution in [3.63, 3.8) is 0 Å². The van der Waals surface area contributed by atoms with Gasteiger partial charge in [0.15, 0.2) is 0 Å². The molecule has 0 spiro atoms. The van der Waals surface area contributed by atoms with E-state index in [4.69, 9.17) is 5.11 Å². The predicted octanol–water partition coefficient (Wildman–Crippen LogP) is 2.30. The maximum Gasteiger partial charge on any atom is 0.274 e. The molecule has 1 fully saturated rings. The van der Waals surface area contributed by atoms with E-state index in [0.717, 1.165) is 0 Å². The van der Waals surface area contributed by atoms with Crippen LogP contribution in [0.4, 0.5) is 8.78 Å². The van der Waals surface area contributed by atoms with Gasteiger partial charge in [0.2, 0.25) is 0 Å². The minimum absolute atomic E-state index is 0.362. The highest BCUT2D eigenvalue weighted by molar-refractivity contribution is 5.17. The Balaban J connectivity index is 2.84. The van der Waals surface area contributed by atoms with Gasteiger partial charge in [-0.25, -0.2) is 8.78 Å². The molecule has 1 N–H and O–H groups in total. The average Bonchev–Trinajstić information content (AvgIpc) is 2.25. The second-order valence-electron chi connectivity index (χ2n) is 4.80. The zero-order valence-electron chi connectivity index (χ0n) is 7.99. The molecule has 0 saturated heterocycles. The Kier molecular flexibility index (Phi) is 1.81. The fourth-order valence-corrected chi connectivity index (χ4v) is 2.34. The van der Waals surface area contributed by atoms with Crippen LogP contribution in [0.1, 0.15) is 27.7 Å². The maximum atomic E-state index is 13.1. The van der Waals surface area contributed by atoms with E-state index < -0.39 is 18.4 Å². The Hall–Kier alpha value is -0.180.